The standard InChI is InChI=1S/C22H28N2O3/c1-18(24-12-14-26-15-13-24)10-11-22(25)23-17-19-6-5-9-21(16-19)27-20-7-3-2-4-8-20/h2-9,16,18H,10-15,17H2,1H3,(H,23,25). The molecule has 0 aliphatic carbocycles. The Morgan fingerprint density at radius 3 is 2.63 bits per heavy atom. The Morgan fingerprint density at radius 2 is 1.85 bits per heavy atom. The summed E-state index contributed by atoms with van der Waals surface area (Å²) in [6.07, 6.45) is 1.40. The molecule has 2 aromatic carbocycles. The van der Waals surface area contributed by atoms with E-state index in [1.165, 1.54) is 0 Å². The Kier molecular flexibility index (Phi) is 7.25. The normalized spacial score (nSPS) is 15.9. The van der Waals surface area contributed by atoms with E-state index in [-0.39, 0.29) is 5.91 Å². The Balaban J connectivity index is 1.42. The first-order valence-corrected chi connectivity index (χ1v) is 9.61. The molecule has 2 aromatic rings. The molecular weight excluding hydrogens is 340 g/mol. The van der Waals surface area contributed by atoms with Crippen LogP contribution < -0.4 is 10.1 Å². The van der Waals surface area contributed by atoms with Gasteiger partial charge in [0.05, 0.1) is 13.2 Å². The average Bonchev–Trinajstić information content (AvgIpc) is 2.72. The molecule has 27 heavy (non-hydrogen) atoms. The van der Waals surface area contributed by atoms with E-state index in [9.17, 15) is 4.79 Å². The van der Waals surface area contributed by atoms with Crippen LogP contribution in [0.2, 0.25) is 0 Å². The number of nitrogens with zero attached hydrogens (tertiary/aromatic N) is 1. The first-order chi connectivity index (χ1) is 13.2. The van der Waals surface area contributed by atoms with E-state index >= 15 is 0 Å². The highest BCUT2D eigenvalue weighted by molar-refractivity contribution is 5.75. The second-order valence-corrected chi connectivity index (χ2v) is 6.88. The van der Waals surface area contributed by atoms with Crippen LogP contribution >= 0.6 is 0 Å². The molecule has 1 aliphatic heterocycles. The maximum absolute atomic E-state index is 12.2. The van der Waals surface area contributed by atoms with E-state index in [2.05, 4.69) is 17.1 Å². The van der Waals surface area contributed by atoms with Crippen LogP contribution in [0.25, 0.3) is 0 Å². The van der Waals surface area contributed by atoms with Crippen molar-refractivity contribution in [3.05, 3.63) is 60.2 Å². The molecule has 1 saturated heterocycles. The van der Waals surface area contributed by atoms with E-state index in [0.29, 0.717) is 19.0 Å². The van der Waals surface area contributed by atoms with Crippen LogP contribution in [0.4, 0.5) is 0 Å². The molecule has 1 aliphatic rings. The third-order valence-electron chi connectivity index (χ3n) is 4.83. The van der Waals surface area contributed by atoms with Crippen molar-refractivity contribution in [2.75, 3.05) is 26.3 Å². The van der Waals surface area contributed by atoms with E-state index in [1.54, 1.807) is 0 Å². The zero-order valence-electron chi connectivity index (χ0n) is 15.9. The molecule has 3 rings (SSSR count). The lowest BCUT2D eigenvalue weighted by Gasteiger charge is -2.32. The molecule has 1 heterocycles. The SMILES string of the molecule is CC(CCC(=O)NCc1cccc(Oc2ccccc2)c1)N1CCOCC1. The van der Waals surface area contributed by atoms with Crippen LogP contribution in [-0.2, 0) is 16.1 Å². The van der Waals surface area contributed by atoms with Gasteiger partial charge in [-0.25, -0.2) is 0 Å². The number of nitrogens with one attached hydrogen (secondary N) is 1. The largest absolute Gasteiger partial charge is 0.457 e. The Labute approximate surface area is 161 Å². The molecule has 1 amide bonds. The molecule has 5 nitrogen and oxygen atoms in total. The minimum absolute atomic E-state index is 0.0875. The Bertz CT molecular complexity index is 715. The van der Waals surface area contributed by atoms with E-state index < -0.39 is 0 Å². The number of benzene rings is 2. The van der Waals surface area contributed by atoms with Gasteiger partial charge in [0.15, 0.2) is 0 Å². The number of ether oxygens (including phenoxy) is 2. The number of carbonyl (C=O) groups is 1. The highest BCUT2D eigenvalue weighted by atomic mass is 16.5. The second-order valence-electron chi connectivity index (χ2n) is 6.88. The number of amides is 1. The molecule has 144 valence electrons. The summed E-state index contributed by atoms with van der Waals surface area (Å²) in [6.45, 7) is 6.18. The molecule has 0 spiro atoms. The molecule has 0 saturated carbocycles. The zero-order valence-corrected chi connectivity index (χ0v) is 15.9. The lowest BCUT2D eigenvalue weighted by atomic mass is 10.1. The molecule has 0 radical (unpaired) electrons. The van der Waals surface area contributed by atoms with Crippen molar-refractivity contribution in [3.63, 3.8) is 0 Å². The molecule has 1 N–H and O–H groups in total. The van der Waals surface area contributed by atoms with Crippen LogP contribution in [0.5, 0.6) is 11.5 Å². The highest BCUT2D eigenvalue weighted by Crippen LogP contribution is 2.21. The minimum atomic E-state index is 0.0875. The van der Waals surface area contributed by atoms with Gasteiger partial charge in [-0.2, -0.15) is 0 Å². The number of rotatable bonds is 8. The third-order valence-corrected chi connectivity index (χ3v) is 4.83. The molecular formula is C22H28N2O3. The number of hydrogen-bond donors (Lipinski definition) is 1. The maximum Gasteiger partial charge on any atom is 0.220 e. The van der Waals surface area contributed by atoms with Gasteiger partial charge in [-0.1, -0.05) is 30.3 Å². The van der Waals surface area contributed by atoms with Crippen molar-refractivity contribution in [1.29, 1.82) is 0 Å². The summed E-state index contributed by atoms with van der Waals surface area (Å²) >= 11 is 0. The minimum Gasteiger partial charge on any atom is -0.457 e. The smallest absolute Gasteiger partial charge is 0.220 e. The first kappa shape index (κ1) is 19.4. The summed E-state index contributed by atoms with van der Waals surface area (Å²) in [6, 6.07) is 17.9. The fraction of sp³-hybridized carbons (Fsp3) is 0.409. The van der Waals surface area contributed by atoms with Crippen LogP contribution in [0.15, 0.2) is 54.6 Å². The molecule has 1 atom stereocenters. The maximum atomic E-state index is 12.2. The number of para-hydroxylation sites is 1. The topological polar surface area (TPSA) is 50.8 Å². The number of carbonyl (C=O) groups excluding carboxylic acids is 1. The summed E-state index contributed by atoms with van der Waals surface area (Å²) in [4.78, 5) is 14.6. The first-order valence-electron chi connectivity index (χ1n) is 9.61. The van der Waals surface area contributed by atoms with Crippen LogP contribution in [0, 0.1) is 0 Å². The van der Waals surface area contributed by atoms with Gasteiger partial charge in [0.2, 0.25) is 5.91 Å². The zero-order chi connectivity index (χ0) is 18.9. The Hall–Kier alpha value is -2.37. The van der Waals surface area contributed by atoms with Crippen molar-refractivity contribution in [1.82, 2.24) is 10.2 Å². The van der Waals surface area contributed by atoms with Gasteiger partial charge in [0.1, 0.15) is 11.5 Å². The second kappa shape index (κ2) is 10.1. The summed E-state index contributed by atoms with van der Waals surface area (Å²) in [5.74, 6) is 1.66. The quantitative estimate of drug-likeness (QED) is 0.774. The van der Waals surface area contributed by atoms with E-state index in [4.69, 9.17) is 9.47 Å². The molecule has 1 fully saturated rings. The number of hydrogen-bond acceptors (Lipinski definition) is 4. The van der Waals surface area contributed by atoms with Gasteiger partial charge in [-0.3, -0.25) is 9.69 Å². The highest BCUT2D eigenvalue weighted by Gasteiger charge is 2.17. The van der Waals surface area contributed by atoms with Gasteiger partial charge in [-0.15, -0.1) is 0 Å². The van der Waals surface area contributed by atoms with Crippen molar-refractivity contribution in [2.24, 2.45) is 0 Å². The summed E-state index contributed by atoms with van der Waals surface area (Å²) < 4.78 is 11.2. The molecule has 5 heteroatoms. The molecule has 0 aromatic heterocycles. The Morgan fingerprint density at radius 1 is 1.11 bits per heavy atom. The van der Waals surface area contributed by atoms with Crippen molar-refractivity contribution in [2.45, 2.75) is 32.4 Å². The van der Waals surface area contributed by atoms with Crippen molar-refractivity contribution < 1.29 is 14.3 Å². The van der Waals surface area contributed by atoms with Gasteiger partial charge < -0.3 is 14.8 Å². The fourth-order valence-corrected chi connectivity index (χ4v) is 3.17. The lowest BCUT2D eigenvalue weighted by Crippen LogP contribution is -2.42. The van der Waals surface area contributed by atoms with Gasteiger partial charge in [0, 0.05) is 32.1 Å². The summed E-state index contributed by atoms with van der Waals surface area (Å²) in [5, 5.41) is 3.01. The van der Waals surface area contributed by atoms with Crippen LogP contribution in [0.3, 0.4) is 0 Å². The van der Waals surface area contributed by atoms with Crippen LogP contribution in [-0.4, -0.2) is 43.2 Å². The average molecular weight is 368 g/mol. The molecule has 0 bridgehead atoms. The lowest BCUT2D eigenvalue weighted by molar-refractivity contribution is -0.121. The van der Waals surface area contributed by atoms with Gasteiger partial charge >= 0.3 is 0 Å². The molecule has 1 unspecified atom stereocenters. The summed E-state index contributed by atoms with van der Waals surface area (Å²) in [7, 11) is 0. The number of morpholine rings is 1. The fourth-order valence-electron chi connectivity index (χ4n) is 3.17. The summed E-state index contributed by atoms with van der Waals surface area (Å²) in [5.41, 5.74) is 1.03. The predicted octanol–water partition coefficient (Wildman–Crippen LogP) is 3.60. The van der Waals surface area contributed by atoms with Crippen molar-refractivity contribution in [3.8, 4) is 11.5 Å². The third kappa shape index (κ3) is 6.38. The van der Waals surface area contributed by atoms with E-state index in [1.807, 2.05) is 54.6 Å². The van der Waals surface area contributed by atoms with Crippen LogP contribution in [0.1, 0.15) is 25.3 Å². The monoisotopic (exact) mass is 368 g/mol. The van der Waals surface area contributed by atoms with E-state index in [0.717, 1.165) is 49.8 Å². The van der Waals surface area contributed by atoms with Gasteiger partial charge in [-0.05, 0) is 43.2 Å². The predicted molar refractivity (Wildman–Crippen MR) is 106 cm³/mol. The van der Waals surface area contributed by atoms with Gasteiger partial charge in [0.25, 0.3) is 0 Å². The van der Waals surface area contributed by atoms with Crippen molar-refractivity contribution >= 4 is 5.91 Å².